The Kier molecular flexibility index (Phi) is 8.24. The summed E-state index contributed by atoms with van der Waals surface area (Å²) in [5, 5.41) is 13.8. The van der Waals surface area contributed by atoms with Crippen LogP contribution in [-0.2, 0) is 16.0 Å². The van der Waals surface area contributed by atoms with E-state index in [1.54, 1.807) is 32.3 Å². The maximum absolute atomic E-state index is 13.5. The molecule has 9 heteroatoms. The number of nitrogens with one attached hydrogen (secondary N) is 1. The molecule has 0 aliphatic carbocycles. The van der Waals surface area contributed by atoms with E-state index in [9.17, 15) is 23.9 Å². The van der Waals surface area contributed by atoms with Crippen molar-refractivity contribution in [1.29, 1.82) is 0 Å². The van der Waals surface area contributed by atoms with E-state index >= 15 is 0 Å². The van der Waals surface area contributed by atoms with Crippen molar-refractivity contribution >= 4 is 28.7 Å². The smallest absolute Gasteiger partial charge is 0.341 e. The third-order valence-corrected chi connectivity index (χ3v) is 5.73. The quantitative estimate of drug-likeness (QED) is 0.462. The second kappa shape index (κ2) is 11.2. The largest absolute Gasteiger partial charge is 0.505 e. The second-order valence-electron chi connectivity index (χ2n) is 9.24. The molecule has 3 rings (SSSR count). The summed E-state index contributed by atoms with van der Waals surface area (Å²) in [6.45, 7) is 3.89. The number of amides is 2. The highest BCUT2D eigenvalue weighted by atomic mass is 19.1. The van der Waals surface area contributed by atoms with Crippen molar-refractivity contribution in [3.05, 3.63) is 70.7 Å². The lowest BCUT2D eigenvalue weighted by Crippen LogP contribution is -2.47. The van der Waals surface area contributed by atoms with Gasteiger partial charge in [-0.05, 0) is 54.2 Å². The number of phenols is 1. The van der Waals surface area contributed by atoms with E-state index in [1.807, 2.05) is 13.8 Å². The fourth-order valence-electron chi connectivity index (χ4n) is 3.95. The van der Waals surface area contributed by atoms with E-state index in [4.69, 9.17) is 4.74 Å². The Morgan fingerprint density at radius 2 is 1.75 bits per heavy atom. The Labute approximate surface area is 209 Å². The van der Waals surface area contributed by atoms with E-state index in [0.717, 1.165) is 5.56 Å². The number of aromatic nitrogens is 1. The number of hydrogen-bond donors (Lipinski definition) is 2. The number of benzene rings is 2. The van der Waals surface area contributed by atoms with Gasteiger partial charge >= 0.3 is 5.97 Å². The number of rotatable bonds is 8. The van der Waals surface area contributed by atoms with E-state index in [-0.39, 0.29) is 34.3 Å². The first-order valence-electron chi connectivity index (χ1n) is 11.5. The highest BCUT2D eigenvalue weighted by molar-refractivity contribution is 6.12. The van der Waals surface area contributed by atoms with Crippen LogP contribution in [0.15, 0.2) is 42.6 Å². The van der Waals surface area contributed by atoms with Crippen LogP contribution in [0.1, 0.15) is 52.1 Å². The van der Waals surface area contributed by atoms with E-state index in [2.05, 4.69) is 10.3 Å². The molecule has 0 radical (unpaired) electrons. The van der Waals surface area contributed by atoms with Gasteiger partial charge in [0.15, 0.2) is 5.75 Å². The van der Waals surface area contributed by atoms with Gasteiger partial charge in [0.1, 0.15) is 22.9 Å². The van der Waals surface area contributed by atoms with E-state index < -0.39 is 23.7 Å². The number of phenolic OH excluding ortho intramolecular Hbond substituents is 1. The minimum Gasteiger partial charge on any atom is -0.505 e. The Bertz CT molecular complexity index is 1290. The van der Waals surface area contributed by atoms with Crippen molar-refractivity contribution in [1.82, 2.24) is 15.2 Å². The van der Waals surface area contributed by atoms with Gasteiger partial charge in [-0.3, -0.25) is 14.6 Å². The Morgan fingerprint density at radius 1 is 1.08 bits per heavy atom. The number of ether oxygens (including phenoxy) is 1. The normalized spacial score (nSPS) is 11.9. The highest BCUT2D eigenvalue weighted by Gasteiger charge is 2.27. The van der Waals surface area contributed by atoms with Crippen molar-refractivity contribution in [2.75, 3.05) is 21.2 Å². The van der Waals surface area contributed by atoms with Gasteiger partial charge in [-0.1, -0.05) is 26.0 Å². The first-order chi connectivity index (χ1) is 17.0. The van der Waals surface area contributed by atoms with Crippen LogP contribution in [0.2, 0.25) is 0 Å². The van der Waals surface area contributed by atoms with Gasteiger partial charge in [0.25, 0.3) is 5.91 Å². The molecule has 0 bridgehead atoms. The number of nitrogens with zero attached hydrogens (tertiary/aromatic N) is 2. The Hall–Kier alpha value is -4.01. The summed E-state index contributed by atoms with van der Waals surface area (Å²) >= 11 is 0. The molecule has 0 spiro atoms. The third kappa shape index (κ3) is 5.97. The molecule has 36 heavy (non-hydrogen) atoms. The van der Waals surface area contributed by atoms with Crippen LogP contribution < -0.4 is 5.32 Å². The summed E-state index contributed by atoms with van der Waals surface area (Å²) in [6.07, 6.45) is 2.33. The van der Waals surface area contributed by atoms with Gasteiger partial charge < -0.3 is 20.1 Å². The first kappa shape index (κ1) is 26.6. The molecule has 190 valence electrons. The number of carbonyl (C=O) groups is 3. The Morgan fingerprint density at radius 3 is 2.33 bits per heavy atom. The van der Waals surface area contributed by atoms with Crippen LogP contribution in [0.25, 0.3) is 10.9 Å². The van der Waals surface area contributed by atoms with E-state index in [0.29, 0.717) is 23.8 Å². The molecule has 2 amide bonds. The molecule has 0 fully saturated rings. The van der Waals surface area contributed by atoms with Crippen LogP contribution in [0.4, 0.5) is 4.39 Å². The van der Waals surface area contributed by atoms with Crippen LogP contribution >= 0.6 is 0 Å². The number of halogens is 1. The summed E-state index contributed by atoms with van der Waals surface area (Å²) in [6, 6.07) is 8.15. The maximum atomic E-state index is 13.5. The molecule has 3 aromatic rings. The Balaban J connectivity index is 2.11. The van der Waals surface area contributed by atoms with Crippen molar-refractivity contribution < 1.29 is 28.6 Å². The molecular formula is C27H30FN3O5. The van der Waals surface area contributed by atoms with Crippen LogP contribution in [0.3, 0.4) is 0 Å². The lowest BCUT2D eigenvalue weighted by atomic mass is 9.97. The summed E-state index contributed by atoms with van der Waals surface area (Å²) in [7, 11) is 4.39. The van der Waals surface area contributed by atoms with Crippen LogP contribution in [-0.4, -0.2) is 60.0 Å². The van der Waals surface area contributed by atoms with Crippen molar-refractivity contribution in [2.45, 2.75) is 32.7 Å². The average Bonchev–Trinajstić information content (AvgIpc) is 2.83. The van der Waals surface area contributed by atoms with Gasteiger partial charge in [0.2, 0.25) is 5.91 Å². The van der Waals surface area contributed by atoms with Gasteiger partial charge in [0, 0.05) is 31.2 Å². The van der Waals surface area contributed by atoms with Crippen molar-refractivity contribution in [3.63, 3.8) is 0 Å². The van der Waals surface area contributed by atoms with Crippen LogP contribution in [0.5, 0.6) is 5.75 Å². The second-order valence-corrected chi connectivity index (χ2v) is 9.24. The monoisotopic (exact) mass is 495 g/mol. The number of likely N-dealkylation sites (N-methyl/N-ethyl adjacent to an activating group) is 1. The predicted octanol–water partition coefficient (Wildman–Crippen LogP) is 3.69. The fourth-order valence-corrected chi connectivity index (χ4v) is 3.95. The standard InChI is InChI=1S/C27H30FN3O5/c1-15(2)10-22(26(34)31(3)4)30-25(33)20-13-21(27(35)36-5)24(32)23-19(20)12-17(14-29-23)11-16-6-8-18(28)9-7-16/h6-9,12-15,22,32H,10-11H2,1-5H3,(H,30,33)/t22-/m0/s1. The zero-order valence-corrected chi connectivity index (χ0v) is 21.0. The van der Waals surface area contributed by atoms with Gasteiger partial charge in [-0.2, -0.15) is 0 Å². The fraction of sp³-hybridized carbons (Fsp3) is 0.333. The molecular weight excluding hydrogens is 465 g/mol. The number of fused-ring (bicyclic) bond motifs is 1. The number of pyridine rings is 1. The highest BCUT2D eigenvalue weighted by Crippen LogP contribution is 2.32. The molecule has 1 aromatic heterocycles. The number of aromatic hydroxyl groups is 1. The molecule has 0 saturated carbocycles. The topological polar surface area (TPSA) is 109 Å². The van der Waals surface area contributed by atoms with Crippen molar-refractivity contribution in [2.24, 2.45) is 5.92 Å². The number of hydrogen-bond acceptors (Lipinski definition) is 6. The molecule has 2 aromatic carbocycles. The van der Waals surface area contributed by atoms with Gasteiger partial charge in [-0.25, -0.2) is 9.18 Å². The van der Waals surface area contributed by atoms with Crippen LogP contribution in [0, 0.1) is 11.7 Å². The summed E-state index contributed by atoms with van der Waals surface area (Å²) < 4.78 is 18.1. The molecule has 1 atom stereocenters. The third-order valence-electron chi connectivity index (χ3n) is 5.73. The van der Waals surface area contributed by atoms with Gasteiger partial charge in [-0.15, -0.1) is 0 Å². The summed E-state index contributed by atoms with van der Waals surface area (Å²) in [5.41, 5.74) is 1.43. The predicted molar refractivity (Wildman–Crippen MR) is 133 cm³/mol. The minimum atomic E-state index is -0.830. The summed E-state index contributed by atoms with van der Waals surface area (Å²) in [5.74, 6) is -2.31. The molecule has 0 aliphatic rings. The first-order valence-corrected chi connectivity index (χ1v) is 11.5. The zero-order valence-electron chi connectivity index (χ0n) is 21.0. The average molecular weight is 496 g/mol. The molecule has 1 heterocycles. The maximum Gasteiger partial charge on any atom is 0.341 e. The molecule has 0 saturated heterocycles. The molecule has 2 N–H and O–H groups in total. The number of esters is 1. The van der Waals surface area contributed by atoms with Gasteiger partial charge in [0.05, 0.1) is 7.11 Å². The lowest BCUT2D eigenvalue weighted by Gasteiger charge is -2.23. The van der Waals surface area contributed by atoms with Crippen molar-refractivity contribution in [3.8, 4) is 5.75 Å². The van der Waals surface area contributed by atoms with E-state index in [1.165, 1.54) is 36.4 Å². The summed E-state index contributed by atoms with van der Waals surface area (Å²) in [4.78, 5) is 44.2. The minimum absolute atomic E-state index is 0.0465. The SMILES string of the molecule is COC(=O)c1cc(C(=O)N[C@@H](CC(C)C)C(=O)N(C)C)c2cc(Cc3ccc(F)cc3)cnc2c1O. The molecule has 0 unspecified atom stereocenters. The molecule has 8 nitrogen and oxygen atoms in total. The number of methoxy groups -OCH3 is 1. The lowest BCUT2D eigenvalue weighted by molar-refractivity contribution is -0.131. The zero-order chi connectivity index (χ0) is 26.6. The molecule has 0 aliphatic heterocycles. The number of carbonyl (C=O) groups excluding carboxylic acids is 3.